The molecule has 0 spiro atoms. The number of ketones is 1. The zero-order valence-electron chi connectivity index (χ0n) is 10.7. The first kappa shape index (κ1) is 13.7. The number of nitrogens with one attached hydrogen (secondary N) is 1. The Kier molecular flexibility index (Phi) is 4.73. The van der Waals surface area contributed by atoms with Crippen LogP contribution >= 0.6 is 0 Å². The van der Waals surface area contributed by atoms with Gasteiger partial charge in [0.2, 0.25) is 0 Å². The molecule has 0 saturated carbocycles. The van der Waals surface area contributed by atoms with E-state index in [1.165, 1.54) is 6.92 Å². The van der Waals surface area contributed by atoms with Crippen LogP contribution < -0.4 is 5.32 Å². The highest BCUT2D eigenvalue weighted by Crippen LogP contribution is 2.25. The Bertz CT molecular complexity index is 347. The Hall–Kier alpha value is -1.32. The number of unbranched alkanes of at least 4 members (excludes halogenated alkanes) is 2. The van der Waals surface area contributed by atoms with Crippen LogP contribution in [0.3, 0.4) is 0 Å². The Morgan fingerprint density at radius 2 is 2.12 bits per heavy atom. The Balaban J connectivity index is 2.68. The second kappa shape index (κ2) is 5.84. The van der Waals surface area contributed by atoms with Gasteiger partial charge in [0.1, 0.15) is 11.3 Å². The van der Waals surface area contributed by atoms with Crippen LogP contribution in [-0.2, 0) is 9.59 Å². The van der Waals surface area contributed by atoms with E-state index in [2.05, 4.69) is 12.2 Å². The average Bonchev–Trinajstić information content (AvgIpc) is 2.54. The number of aliphatic hydroxyl groups is 1. The summed E-state index contributed by atoms with van der Waals surface area (Å²) in [7, 11) is 0. The fourth-order valence-corrected chi connectivity index (χ4v) is 2.19. The van der Waals surface area contributed by atoms with Crippen LogP contribution in [0.1, 0.15) is 46.5 Å². The van der Waals surface area contributed by atoms with Crippen LogP contribution in [0.15, 0.2) is 11.3 Å². The van der Waals surface area contributed by atoms with Gasteiger partial charge in [-0.05, 0) is 19.3 Å². The lowest BCUT2D eigenvalue weighted by atomic mass is 9.94. The largest absolute Gasteiger partial charge is 0.509 e. The van der Waals surface area contributed by atoms with E-state index < -0.39 is 11.9 Å². The Labute approximate surface area is 102 Å². The summed E-state index contributed by atoms with van der Waals surface area (Å²) in [5, 5.41) is 12.6. The maximum absolute atomic E-state index is 11.5. The molecule has 0 saturated heterocycles. The second-order valence-corrected chi connectivity index (χ2v) is 4.74. The third-order valence-electron chi connectivity index (χ3n) is 3.25. The SMILES string of the molecule is CCCCCC(C)C1NC(=O)C(C(C)=O)=C1O. The molecule has 96 valence electrons. The lowest BCUT2D eigenvalue weighted by molar-refractivity contribution is -0.121. The molecule has 2 atom stereocenters. The van der Waals surface area contributed by atoms with Crippen molar-refractivity contribution in [2.75, 3.05) is 0 Å². The van der Waals surface area contributed by atoms with Crippen LogP contribution in [-0.4, -0.2) is 22.8 Å². The number of rotatable bonds is 6. The van der Waals surface area contributed by atoms with Crippen molar-refractivity contribution in [3.8, 4) is 0 Å². The molecule has 0 radical (unpaired) electrons. The number of carbonyl (C=O) groups is 2. The maximum atomic E-state index is 11.5. The van der Waals surface area contributed by atoms with Crippen LogP contribution in [0, 0.1) is 5.92 Å². The Morgan fingerprint density at radius 1 is 1.47 bits per heavy atom. The molecule has 0 aromatic carbocycles. The monoisotopic (exact) mass is 239 g/mol. The van der Waals surface area contributed by atoms with Gasteiger partial charge in [-0.25, -0.2) is 0 Å². The van der Waals surface area contributed by atoms with E-state index in [4.69, 9.17) is 0 Å². The molecule has 0 bridgehead atoms. The molecular weight excluding hydrogens is 218 g/mol. The van der Waals surface area contributed by atoms with Crippen molar-refractivity contribution < 1.29 is 14.7 Å². The fourth-order valence-electron chi connectivity index (χ4n) is 2.19. The van der Waals surface area contributed by atoms with E-state index in [0.29, 0.717) is 0 Å². The normalized spacial score (nSPS) is 21.6. The van der Waals surface area contributed by atoms with E-state index in [1.807, 2.05) is 6.92 Å². The number of hydrogen-bond donors (Lipinski definition) is 2. The van der Waals surface area contributed by atoms with Crippen LogP contribution in [0.5, 0.6) is 0 Å². The molecule has 1 amide bonds. The highest BCUT2D eigenvalue weighted by atomic mass is 16.3. The van der Waals surface area contributed by atoms with E-state index >= 15 is 0 Å². The lowest BCUT2D eigenvalue weighted by Crippen LogP contribution is -2.34. The molecular formula is C13H21NO3. The summed E-state index contributed by atoms with van der Waals surface area (Å²) in [5.74, 6) is -0.737. The van der Waals surface area contributed by atoms with Crippen molar-refractivity contribution in [3.63, 3.8) is 0 Å². The Morgan fingerprint density at radius 3 is 2.59 bits per heavy atom. The predicted octanol–water partition coefficient (Wildman–Crippen LogP) is 2.10. The molecule has 0 fully saturated rings. The van der Waals surface area contributed by atoms with Gasteiger partial charge in [-0.3, -0.25) is 9.59 Å². The first-order valence-corrected chi connectivity index (χ1v) is 6.24. The summed E-state index contributed by atoms with van der Waals surface area (Å²) in [6.07, 6.45) is 4.31. The summed E-state index contributed by atoms with van der Waals surface area (Å²) in [4.78, 5) is 22.7. The molecule has 1 aliphatic heterocycles. The quantitative estimate of drug-likeness (QED) is 0.551. The molecule has 4 heteroatoms. The third kappa shape index (κ3) is 3.08. The summed E-state index contributed by atoms with van der Waals surface area (Å²) in [5.41, 5.74) is -0.0719. The number of amides is 1. The molecule has 1 aliphatic rings. The van der Waals surface area contributed by atoms with Crippen LogP contribution in [0.25, 0.3) is 0 Å². The van der Waals surface area contributed by atoms with Gasteiger partial charge in [0.15, 0.2) is 5.78 Å². The minimum atomic E-state index is -0.442. The fraction of sp³-hybridized carbons (Fsp3) is 0.692. The van der Waals surface area contributed by atoms with Gasteiger partial charge >= 0.3 is 0 Å². The number of carbonyl (C=O) groups excluding carboxylic acids is 2. The zero-order valence-corrected chi connectivity index (χ0v) is 10.7. The van der Waals surface area contributed by atoms with Crippen molar-refractivity contribution in [2.45, 2.75) is 52.5 Å². The van der Waals surface area contributed by atoms with Gasteiger partial charge in [-0.15, -0.1) is 0 Å². The highest BCUT2D eigenvalue weighted by molar-refractivity contribution is 6.20. The van der Waals surface area contributed by atoms with Crippen molar-refractivity contribution in [1.29, 1.82) is 0 Å². The molecule has 2 unspecified atom stereocenters. The first-order chi connectivity index (χ1) is 7.99. The number of Topliss-reactive ketones (excluding diaryl/α,β-unsaturated/α-hetero) is 1. The minimum absolute atomic E-state index is 0.0719. The van der Waals surface area contributed by atoms with Gasteiger partial charge in [-0.1, -0.05) is 33.1 Å². The molecule has 1 heterocycles. The van der Waals surface area contributed by atoms with E-state index in [0.717, 1.165) is 25.7 Å². The molecule has 0 aromatic rings. The number of aliphatic hydroxyl groups excluding tert-OH is 1. The van der Waals surface area contributed by atoms with E-state index in [1.54, 1.807) is 0 Å². The molecule has 17 heavy (non-hydrogen) atoms. The van der Waals surface area contributed by atoms with E-state index in [-0.39, 0.29) is 23.0 Å². The van der Waals surface area contributed by atoms with E-state index in [9.17, 15) is 14.7 Å². The van der Waals surface area contributed by atoms with Gasteiger partial charge in [-0.2, -0.15) is 0 Å². The van der Waals surface area contributed by atoms with Gasteiger partial charge in [0, 0.05) is 0 Å². The summed E-state index contributed by atoms with van der Waals surface area (Å²) >= 11 is 0. The van der Waals surface area contributed by atoms with Crippen LogP contribution in [0.2, 0.25) is 0 Å². The third-order valence-corrected chi connectivity index (χ3v) is 3.25. The second-order valence-electron chi connectivity index (χ2n) is 4.74. The maximum Gasteiger partial charge on any atom is 0.259 e. The summed E-state index contributed by atoms with van der Waals surface area (Å²) in [6, 6.07) is -0.391. The lowest BCUT2D eigenvalue weighted by Gasteiger charge is -2.19. The smallest absolute Gasteiger partial charge is 0.259 e. The minimum Gasteiger partial charge on any atom is -0.509 e. The van der Waals surface area contributed by atoms with Crippen LogP contribution in [0.4, 0.5) is 0 Å². The molecule has 1 rings (SSSR count). The van der Waals surface area contributed by atoms with Crippen molar-refractivity contribution >= 4 is 11.7 Å². The molecule has 2 N–H and O–H groups in total. The van der Waals surface area contributed by atoms with Gasteiger partial charge in [0.05, 0.1) is 6.04 Å². The first-order valence-electron chi connectivity index (χ1n) is 6.24. The highest BCUT2D eigenvalue weighted by Gasteiger charge is 2.36. The standard InChI is InChI=1S/C13H21NO3/c1-4-5-6-7-8(2)11-12(16)10(9(3)15)13(17)14-11/h8,11,16H,4-7H2,1-3H3,(H,14,17). The van der Waals surface area contributed by atoms with Gasteiger partial charge in [0.25, 0.3) is 5.91 Å². The average molecular weight is 239 g/mol. The topological polar surface area (TPSA) is 66.4 Å². The number of hydrogen-bond acceptors (Lipinski definition) is 3. The molecule has 4 nitrogen and oxygen atoms in total. The van der Waals surface area contributed by atoms with Crippen molar-refractivity contribution in [1.82, 2.24) is 5.32 Å². The summed E-state index contributed by atoms with van der Waals surface area (Å²) in [6.45, 7) is 5.42. The summed E-state index contributed by atoms with van der Waals surface area (Å²) < 4.78 is 0. The zero-order chi connectivity index (χ0) is 13.0. The van der Waals surface area contributed by atoms with Gasteiger partial charge < -0.3 is 10.4 Å². The predicted molar refractivity (Wildman–Crippen MR) is 65.6 cm³/mol. The molecule has 0 aromatic heterocycles. The van der Waals surface area contributed by atoms with Crippen molar-refractivity contribution in [3.05, 3.63) is 11.3 Å². The molecule has 0 aliphatic carbocycles. The van der Waals surface area contributed by atoms with Crippen molar-refractivity contribution in [2.24, 2.45) is 5.92 Å².